The summed E-state index contributed by atoms with van der Waals surface area (Å²) >= 11 is 0. The van der Waals surface area contributed by atoms with Crippen molar-refractivity contribution in [2.24, 2.45) is 0 Å². The highest BCUT2D eigenvalue weighted by molar-refractivity contribution is 5.68. The van der Waals surface area contributed by atoms with Crippen molar-refractivity contribution in [2.75, 3.05) is 67.1 Å². The summed E-state index contributed by atoms with van der Waals surface area (Å²) in [6.45, 7) is 11.1. The molecule has 256 valence electrons. The molecular weight excluding hydrogens is 600 g/mol. The Morgan fingerprint density at radius 2 is 1.16 bits per heavy atom. The SMILES string of the molecule is CC(C)(C)OC(=O)NCCCN(CCCNC(=O)OC(C)(C)C)c1nc(N2CCCC(F)(F)C2)nc(N2CCCC(F)(F)C2)n1. The molecular formula is C29H48F4N8O4. The molecule has 1 aromatic heterocycles. The Labute approximate surface area is 262 Å². The van der Waals surface area contributed by atoms with Crippen LogP contribution in [0, 0.1) is 0 Å². The average Bonchev–Trinajstić information content (AvgIpc) is 2.88. The molecule has 2 aliphatic rings. The number of carbonyl (C=O) groups is 2. The van der Waals surface area contributed by atoms with E-state index < -0.39 is 48.3 Å². The molecule has 2 fully saturated rings. The van der Waals surface area contributed by atoms with E-state index in [-0.39, 0.29) is 69.7 Å². The molecule has 0 spiro atoms. The number of rotatable bonds is 11. The van der Waals surface area contributed by atoms with Gasteiger partial charge in [-0.15, -0.1) is 0 Å². The quantitative estimate of drug-likeness (QED) is 0.251. The van der Waals surface area contributed by atoms with Crippen molar-refractivity contribution in [3.8, 4) is 0 Å². The van der Waals surface area contributed by atoms with Gasteiger partial charge in [-0.1, -0.05) is 0 Å². The summed E-state index contributed by atoms with van der Waals surface area (Å²) in [5.74, 6) is -5.76. The Kier molecular flexibility index (Phi) is 11.9. The minimum atomic E-state index is -2.94. The van der Waals surface area contributed by atoms with Crippen LogP contribution >= 0.6 is 0 Å². The molecule has 16 heteroatoms. The number of nitrogens with zero attached hydrogens (tertiary/aromatic N) is 6. The molecule has 2 saturated heterocycles. The zero-order valence-electron chi connectivity index (χ0n) is 27.2. The van der Waals surface area contributed by atoms with Gasteiger partial charge in [0.1, 0.15) is 11.2 Å². The Balaban J connectivity index is 1.84. The summed E-state index contributed by atoms with van der Waals surface area (Å²) in [5.41, 5.74) is -1.32. The number of alkyl carbamates (subject to hydrolysis) is 2. The Morgan fingerprint density at radius 3 is 1.51 bits per heavy atom. The van der Waals surface area contributed by atoms with Crippen LogP contribution in [0.25, 0.3) is 0 Å². The van der Waals surface area contributed by atoms with Crippen LogP contribution in [0.15, 0.2) is 0 Å². The monoisotopic (exact) mass is 648 g/mol. The molecule has 0 radical (unpaired) electrons. The number of piperidine rings is 2. The van der Waals surface area contributed by atoms with Crippen LogP contribution in [0.2, 0.25) is 0 Å². The predicted octanol–water partition coefficient (Wildman–Crippen LogP) is 4.98. The highest BCUT2D eigenvalue weighted by atomic mass is 19.3. The highest BCUT2D eigenvalue weighted by Gasteiger charge is 2.39. The predicted molar refractivity (Wildman–Crippen MR) is 163 cm³/mol. The Bertz CT molecular complexity index is 1060. The van der Waals surface area contributed by atoms with Gasteiger partial charge in [0.25, 0.3) is 11.8 Å². The third-order valence-corrected chi connectivity index (χ3v) is 6.78. The van der Waals surface area contributed by atoms with Crippen molar-refractivity contribution in [2.45, 2.75) is 103 Å². The molecule has 0 aliphatic carbocycles. The summed E-state index contributed by atoms with van der Waals surface area (Å²) in [4.78, 5) is 42.2. The van der Waals surface area contributed by atoms with Crippen LogP contribution in [0.1, 0.15) is 80.1 Å². The number of ether oxygens (including phenoxy) is 2. The number of amides is 2. The summed E-state index contributed by atoms with van der Waals surface area (Å²) < 4.78 is 68.1. The maximum atomic E-state index is 14.4. The normalized spacial score (nSPS) is 18.3. The second-order valence-electron chi connectivity index (χ2n) is 13.5. The second-order valence-corrected chi connectivity index (χ2v) is 13.5. The van der Waals surface area contributed by atoms with E-state index >= 15 is 0 Å². The summed E-state index contributed by atoms with van der Waals surface area (Å²) in [6, 6.07) is 0. The number of hydrogen-bond donors (Lipinski definition) is 2. The van der Waals surface area contributed by atoms with Crippen molar-refractivity contribution in [3.63, 3.8) is 0 Å². The summed E-state index contributed by atoms with van der Waals surface area (Å²) in [7, 11) is 0. The lowest BCUT2D eigenvalue weighted by Crippen LogP contribution is -2.45. The number of alkyl halides is 4. The molecule has 2 aliphatic heterocycles. The lowest BCUT2D eigenvalue weighted by molar-refractivity contribution is -0.0121. The molecule has 0 atom stereocenters. The first-order valence-corrected chi connectivity index (χ1v) is 15.5. The first-order valence-electron chi connectivity index (χ1n) is 15.5. The van der Waals surface area contributed by atoms with Gasteiger partial charge >= 0.3 is 12.2 Å². The lowest BCUT2D eigenvalue weighted by Gasteiger charge is -2.35. The number of hydrogen-bond acceptors (Lipinski definition) is 10. The van der Waals surface area contributed by atoms with E-state index in [0.29, 0.717) is 25.9 Å². The maximum Gasteiger partial charge on any atom is 0.407 e. The number of nitrogens with one attached hydrogen (secondary N) is 2. The van der Waals surface area contributed by atoms with Crippen molar-refractivity contribution in [1.29, 1.82) is 0 Å². The van der Waals surface area contributed by atoms with Crippen LogP contribution in [-0.2, 0) is 9.47 Å². The standard InChI is InChI=1S/C29H48F4N8O4/c1-26(2,3)44-24(42)34-13-9-17-39(18-10-14-35-25(43)45-27(4,5)6)21-36-22(40-15-7-11-28(30,31)19-40)38-23(37-21)41-16-8-12-29(32,33)20-41/h7-20H2,1-6H3,(H,34,42)(H,35,43). The average molecular weight is 649 g/mol. The van der Waals surface area contributed by atoms with Gasteiger partial charge in [-0.05, 0) is 67.2 Å². The second kappa shape index (κ2) is 14.8. The van der Waals surface area contributed by atoms with Gasteiger partial charge in [0, 0.05) is 52.1 Å². The van der Waals surface area contributed by atoms with E-state index in [1.54, 1.807) is 46.4 Å². The van der Waals surface area contributed by atoms with Crippen LogP contribution in [-0.4, -0.2) is 103 Å². The van der Waals surface area contributed by atoms with Gasteiger partial charge in [0.2, 0.25) is 17.8 Å². The molecule has 1 aromatic rings. The van der Waals surface area contributed by atoms with Crippen LogP contribution < -0.4 is 25.3 Å². The molecule has 3 heterocycles. The smallest absolute Gasteiger partial charge is 0.407 e. The van der Waals surface area contributed by atoms with Gasteiger partial charge in [-0.2, -0.15) is 15.0 Å². The van der Waals surface area contributed by atoms with Gasteiger partial charge in [0.15, 0.2) is 0 Å². The third kappa shape index (κ3) is 12.9. The topological polar surface area (TPSA) is 125 Å². The molecule has 2 amide bonds. The first kappa shape index (κ1) is 36.1. The fourth-order valence-corrected chi connectivity index (χ4v) is 4.90. The molecule has 0 aromatic carbocycles. The number of anilines is 3. The molecule has 0 unspecified atom stereocenters. The fourth-order valence-electron chi connectivity index (χ4n) is 4.90. The van der Waals surface area contributed by atoms with Gasteiger partial charge in [0.05, 0.1) is 13.1 Å². The number of carbonyl (C=O) groups excluding carboxylic acids is 2. The molecule has 0 bridgehead atoms. The van der Waals surface area contributed by atoms with Gasteiger partial charge in [-0.3, -0.25) is 0 Å². The minimum Gasteiger partial charge on any atom is -0.444 e. The zero-order chi connectivity index (χ0) is 33.5. The molecule has 45 heavy (non-hydrogen) atoms. The largest absolute Gasteiger partial charge is 0.444 e. The molecule has 0 saturated carbocycles. The summed E-state index contributed by atoms with van der Waals surface area (Å²) in [5, 5.41) is 5.39. The van der Waals surface area contributed by atoms with E-state index in [4.69, 9.17) is 9.47 Å². The lowest BCUT2D eigenvalue weighted by atomic mass is 10.1. The van der Waals surface area contributed by atoms with Gasteiger partial charge < -0.3 is 34.8 Å². The first-order chi connectivity index (χ1) is 20.8. The molecule has 12 nitrogen and oxygen atoms in total. The molecule has 2 N–H and O–H groups in total. The number of aromatic nitrogens is 3. The van der Waals surface area contributed by atoms with E-state index in [1.165, 1.54) is 9.80 Å². The minimum absolute atomic E-state index is 0.00738. The van der Waals surface area contributed by atoms with Crippen LogP contribution in [0.4, 0.5) is 45.0 Å². The van der Waals surface area contributed by atoms with Crippen molar-refractivity contribution in [3.05, 3.63) is 0 Å². The highest BCUT2D eigenvalue weighted by Crippen LogP contribution is 2.32. The van der Waals surface area contributed by atoms with Crippen LogP contribution in [0.3, 0.4) is 0 Å². The summed E-state index contributed by atoms with van der Waals surface area (Å²) in [6.07, 6.45) is -0.350. The third-order valence-electron chi connectivity index (χ3n) is 6.78. The van der Waals surface area contributed by atoms with E-state index in [9.17, 15) is 27.2 Å². The van der Waals surface area contributed by atoms with Gasteiger partial charge in [-0.25, -0.2) is 27.2 Å². The van der Waals surface area contributed by atoms with Crippen molar-refractivity contribution >= 4 is 30.0 Å². The van der Waals surface area contributed by atoms with E-state index in [2.05, 4.69) is 25.6 Å². The van der Waals surface area contributed by atoms with E-state index in [0.717, 1.165) is 0 Å². The Hall–Kier alpha value is -3.33. The Morgan fingerprint density at radius 1 is 0.756 bits per heavy atom. The fraction of sp³-hybridized carbons (Fsp3) is 0.828. The zero-order valence-corrected chi connectivity index (χ0v) is 27.2. The maximum absolute atomic E-state index is 14.4. The number of halogens is 4. The molecule has 3 rings (SSSR count). The van der Waals surface area contributed by atoms with Crippen molar-refractivity contribution < 1.29 is 36.6 Å². The van der Waals surface area contributed by atoms with Crippen LogP contribution in [0.5, 0.6) is 0 Å². The van der Waals surface area contributed by atoms with E-state index in [1.807, 2.05) is 0 Å². The van der Waals surface area contributed by atoms with Crippen molar-refractivity contribution in [1.82, 2.24) is 25.6 Å².